The molecule has 12 aromatic rings. The summed E-state index contributed by atoms with van der Waals surface area (Å²) in [5.74, 6) is 0. The zero-order chi connectivity index (χ0) is 46.6. The second kappa shape index (κ2) is 15.6. The van der Waals surface area contributed by atoms with Crippen molar-refractivity contribution in [3.63, 3.8) is 0 Å². The van der Waals surface area contributed by atoms with Gasteiger partial charge in [-0.05, 0) is 144 Å². The average Bonchev–Trinajstić information content (AvgIpc) is 4.02. The molecule has 2 aliphatic rings. The third kappa shape index (κ3) is 6.03. The largest absolute Gasteiger partial charge is 0.310 e. The van der Waals surface area contributed by atoms with Crippen molar-refractivity contribution in [2.24, 2.45) is 0 Å². The van der Waals surface area contributed by atoms with Gasteiger partial charge < -0.3 is 4.90 Å². The Labute approximate surface area is 413 Å². The van der Waals surface area contributed by atoms with Crippen LogP contribution in [0.15, 0.2) is 249 Å². The van der Waals surface area contributed by atoms with Crippen LogP contribution in [0.5, 0.6) is 0 Å². The maximum Gasteiger partial charge on any atom is 0.0714 e. The van der Waals surface area contributed by atoms with Gasteiger partial charge in [0, 0.05) is 42.5 Å². The van der Waals surface area contributed by atoms with E-state index in [2.05, 4.69) is 267 Å². The summed E-state index contributed by atoms with van der Waals surface area (Å²) in [7, 11) is 0. The van der Waals surface area contributed by atoms with Crippen LogP contribution in [0.4, 0.5) is 17.1 Å². The van der Waals surface area contributed by atoms with E-state index in [-0.39, 0.29) is 5.41 Å². The first-order chi connectivity index (χ1) is 34.4. The van der Waals surface area contributed by atoms with Crippen LogP contribution >= 0.6 is 11.3 Å². The first-order valence-corrected chi connectivity index (χ1v) is 25.2. The monoisotopic (exact) mass is 909 g/mol. The summed E-state index contributed by atoms with van der Waals surface area (Å²) in [6.07, 6.45) is 0. The first kappa shape index (κ1) is 40.7. The fourth-order valence-electron chi connectivity index (χ4n) is 12.2. The predicted octanol–water partition coefficient (Wildman–Crippen LogP) is 18.7. The molecule has 14 rings (SSSR count). The van der Waals surface area contributed by atoms with Crippen LogP contribution in [0, 0.1) is 0 Å². The zero-order valence-corrected chi connectivity index (χ0v) is 39.8. The van der Waals surface area contributed by atoms with Crippen LogP contribution in [0.1, 0.15) is 47.2 Å². The Morgan fingerprint density at radius 3 is 1.71 bits per heavy atom. The molecule has 1 nitrogen and oxygen atoms in total. The molecule has 0 atom stereocenters. The Morgan fingerprint density at radius 1 is 0.343 bits per heavy atom. The fourth-order valence-corrected chi connectivity index (χ4v) is 13.3. The standard InChI is InChI=1S/C68H47NS/c1-67(2)61-42-49(47-29-28-44-16-9-10-17-46(44)40-47)32-37-54(61)55-38-36-53(43-62(55)67)69(52-34-30-45(31-35-52)48-33-39-65-58(41-48)56-22-12-14-27-64(56)70-65)63-26-15-25-60-66(63)57-23-11-13-24-59(57)68(60,50-18-5-3-6-19-50)51-20-7-4-8-21-51/h3-43H,1-2H3. The molecule has 0 bridgehead atoms. The number of hydrogen-bond donors (Lipinski definition) is 0. The van der Waals surface area contributed by atoms with Gasteiger partial charge in [-0.3, -0.25) is 0 Å². The van der Waals surface area contributed by atoms with Gasteiger partial charge in [-0.1, -0.05) is 202 Å². The SMILES string of the molecule is CC1(C)c2cc(-c3ccc4ccccc4c3)ccc2-c2ccc(N(c3ccc(-c4ccc5sc6ccccc6c5c4)cc3)c3cccc4c3-c3ccccc3C4(c3ccccc3)c3ccccc3)cc21. The number of fused-ring (bicyclic) bond motifs is 10. The fraction of sp³-hybridized carbons (Fsp3) is 0.0588. The van der Waals surface area contributed by atoms with Crippen molar-refractivity contribution in [2.75, 3.05) is 4.90 Å². The van der Waals surface area contributed by atoms with Crippen molar-refractivity contribution in [2.45, 2.75) is 24.7 Å². The molecular weight excluding hydrogens is 863 g/mol. The molecule has 0 aliphatic heterocycles. The van der Waals surface area contributed by atoms with Crippen LogP contribution in [0.2, 0.25) is 0 Å². The van der Waals surface area contributed by atoms with Gasteiger partial charge in [0.2, 0.25) is 0 Å². The molecule has 0 amide bonds. The summed E-state index contributed by atoms with van der Waals surface area (Å²) in [5, 5.41) is 5.16. The second-order valence-electron chi connectivity index (χ2n) is 19.6. The molecule has 0 saturated heterocycles. The minimum Gasteiger partial charge on any atom is -0.310 e. The van der Waals surface area contributed by atoms with E-state index in [4.69, 9.17) is 0 Å². The van der Waals surface area contributed by atoms with Crippen LogP contribution < -0.4 is 4.90 Å². The van der Waals surface area contributed by atoms with E-state index < -0.39 is 5.41 Å². The molecule has 11 aromatic carbocycles. The van der Waals surface area contributed by atoms with Crippen molar-refractivity contribution >= 4 is 59.3 Å². The molecule has 2 heteroatoms. The van der Waals surface area contributed by atoms with Crippen LogP contribution in [0.25, 0.3) is 75.5 Å². The highest BCUT2D eigenvalue weighted by molar-refractivity contribution is 7.25. The Hall–Kier alpha value is -8.30. The van der Waals surface area contributed by atoms with Gasteiger partial charge in [0.15, 0.2) is 0 Å². The third-order valence-electron chi connectivity index (χ3n) is 15.5. The van der Waals surface area contributed by atoms with E-state index in [0.717, 1.165) is 17.1 Å². The maximum atomic E-state index is 2.53. The van der Waals surface area contributed by atoms with Crippen molar-refractivity contribution in [1.29, 1.82) is 0 Å². The van der Waals surface area contributed by atoms with Crippen molar-refractivity contribution in [1.82, 2.24) is 0 Å². The number of anilines is 3. The highest BCUT2D eigenvalue weighted by Crippen LogP contribution is 2.60. The van der Waals surface area contributed by atoms with E-state index in [1.54, 1.807) is 0 Å². The first-order valence-electron chi connectivity index (χ1n) is 24.4. The minimum atomic E-state index is -0.519. The minimum absolute atomic E-state index is 0.242. The molecule has 0 fully saturated rings. The number of hydrogen-bond acceptors (Lipinski definition) is 2. The average molecular weight is 910 g/mol. The van der Waals surface area contributed by atoms with Gasteiger partial charge >= 0.3 is 0 Å². The quantitative estimate of drug-likeness (QED) is 0.154. The second-order valence-corrected chi connectivity index (χ2v) is 20.7. The third-order valence-corrected chi connectivity index (χ3v) is 16.7. The van der Waals surface area contributed by atoms with Crippen LogP contribution in [-0.2, 0) is 10.8 Å². The normalized spacial score (nSPS) is 13.8. The molecule has 70 heavy (non-hydrogen) atoms. The van der Waals surface area contributed by atoms with Crippen molar-refractivity contribution in [3.05, 3.63) is 282 Å². The van der Waals surface area contributed by atoms with Crippen LogP contribution in [-0.4, -0.2) is 0 Å². The number of nitrogens with zero attached hydrogens (tertiary/aromatic N) is 1. The zero-order valence-electron chi connectivity index (χ0n) is 39.0. The van der Waals surface area contributed by atoms with Crippen LogP contribution in [0.3, 0.4) is 0 Å². The lowest BCUT2D eigenvalue weighted by Crippen LogP contribution is -2.28. The van der Waals surface area contributed by atoms with Gasteiger partial charge in [-0.2, -0.15) is 0 Å². The lowest BCUT2D eigenvalue weighted by Gasteiger charge is -2.34. The molecule has 0 unspecified atom stereocenters. The summed E-state index contributed by atoms with van der Waals surface area (Å²) < 4.78 is 2.65. The number of benzene rings is 11. The summed E-state index contributed by atoms with van der Waals surface area (Å²) >= 11 is 1.87. The molecule has 330 valence electrons. The Balaban J connectivity index is 0.955. The highest BCUT2D eigenvalue weighted by atomic mass is 32.1. The van der Waals surface area contributed by atoms with E-state index >= 15 is 0 Å². The highest BCUT2D eigenvalue weighted by Gasteiger charge is 2.47. The topological polar surface area (TPSA) is 3.24 Å². The van der Waals surface area contributed by atoms with Gasteiger partial charge in [0.25, 0.3) is 0 Å². The summed E-state index contributed by atoms with van der Waals surface area (Å²) in [4.78, 5) is 2.53. The molecule has 0 N–H and O–H groups in total. The molecule has 2 aliphatic carbocycles. The molecule has 0 spiro atoms. The lowest BCUT2D eigenvalue weighted by molar-refractivity contribution is 0.660. The summed E-state index contributed by atoms with van der Waals surface area (Å²) in [6.45, 7) is 4.81. The van der Waals surface area contributed by atoms with Gasteiger partial charge in [-0.25, -0.2) is 0 Å². The van der Waals surface area contributed by atoms with Gasteiger partial charge in [0.1, 0.15) is 0 Å². The van der Waals surface area contributed by atoms with Crippen molar-refractivity contribution in [3.8, 4) is 44.5 Å². The van der Waals surface area contributed by atoms with E-state index in [1.165, 1.54) is 109 Å². The number of rotatable bonds is 7. The molecular formula is C68H47NS. The molecule has 1 heterocycles. The molecule has 0 radical (unpaired) electrons. The predicted molar refractivity (Wildman–Crippen MR) is 297 cm³/mol. The summed E-state index contributed by atoms with van der Waals surface area (Å²) in [6, 6.07) is 93.2. The van der Waals surface area contributed by atoms with Crippen molar-refractivity contribution < 1.29 is 0 Å². The Morgan fingerprint density at radius 2 is 0.914 bits per heavy atom. The van der Waals surface area contributed by atoms with E-state index in [1.807, 2.05) is 11.3 Å². The number of thiophene rings is 1. The Kier molecular flexibility index (Phi) is 9.09. The van der Waals surface area contributed by atoms with Gasteiger partial charge in [-0.15, -0.1) is 11.3 Å². The Bertz CT molecular complexity index is 3990. The van der Waals surface area contributed by atoms with Gasteiger partial charge in [0.05, 0.1) is 11.1 Å². The van der Waals surface area contributed by atoms with E-state index in [9.17, 15) is 0 Å². The smallest absolute Gasteiger partial charge is 0.0714 e. The lowest BCUT2D eigenvalue weighted by atomic mass is 9.68. The maximum absolute atomic E-state index is 2.53. The molecule has 0 saturated carbocycles. The summed E-state index contributed by atoms with van der Waals surface area (Å²) in [5.41, 5.74) is 20.5. The van der Waals surface area contributed by atoms with E-state index in [0.29, 0.717) is 0 Å². The molecule has 1 aromatic heterocycles.